The van der Waals surface area contributed by atoms with Crippen LogP contribution in [0.15, 0.2) is 141 Å². The number of fused-ring (bicyclic) bond motifs is 12. The monoisotopic (exact) mass is 1710 g/mol. The Morgan fingerprint density at radius 2 is 0.784 bits per heavy atom. The molecule has 0 bridgehead atoms. The van der Waals surface area contributed by atoms with Crippen LogP contribution in [-0.2, 0) is 37.4 Å². The molecule has 32 heteroatoms. The van der Waals surface area contributed by atoms with Gasteiger partial charge in [-0.1, -0.05) is 51.3 Å². The summed E-state index contributed by atoms with van der Waals surface area (Å²) in [6.45, 7) is 24.8. The minimum atomic E-state index is -3.67. The quantitative estimate of drug-likeness (QED) is 0.0593. The molecule has 31 nitrogen and oxygen atoms in total. The number of nitrogens with zero attached hydrogens (tertiary/aromatic N) is 17. The number of furan rings is 3. The Labute approximate surface area is 725 Å². The SMILES string of the molecule is C.C.CN1CCC2(CCN(Cc3cnc4oc5c(N6CCOCC6)nc(-c6cccc7[nH]ccc67)nc5c4c3)C2)C1.CN1CCC2(CCN(Cc3cnc4oc5c(N6CCOCC6)nc(-c6cccc7[nH]ccc67)nc5c4c3)C2)C1.CN1CCC2(CCNC2)C1.CS(=O)(=O)O.O=Cc1cnc2oc3c(N4CCOCC4)nc(-c4cccc5[nH]ccc45)nc3c2c1. The molecular formula is C93H111N21O10S. The van der Waals surface area contributed by atoms with Gasteiger partial charge in [0, 0.05) is 184 Å². The summed E-state index contributed by atoms with van der Waals surface area (Å²) in [6.07, 6.45) is 20.8. The van der Waals surface area contributed by atoms with Crippen molar-refractivity contribution >= 4 is 133 Å². The van der Waals surface area contributed by atoms with E-state index in [1.54, 1.807) is 6.07 Å². The number of hydrogen-bond donors (Lipinski definition) is 5. The van der Waals surface area contributed by atoms with Gasteiger partial charge in [-0.3, -0.25) is 19.1 Å². The highest BCUT2D eigenvalue weighted by Crippen LogP contribution is 2.45. The van der Waals surface area contributed by atoms with Gasteiger partial charge in [-0.05, 0) is 181 Å². The van der Waals surface area contributed by atoms with E-state index in [1.165, 1.54) is 108 Å². The molecular weight excluding hydrogens is 1600 g/mol. The molecule has 9 fully saturated rings. The number of ether oxygens (including phenoxy) is 3. The van der Waals surface area contributed by atoms with Crippen LogP contribution in [-0.4, -0.2) is 288 Å². The molecule has 3 aromatic carbocycles. The first-order valence-electron chi connectivity index (χ1n) is 43.0. The van der Waals surface area contributed by atoms with E-state index in [-0.39, 0.29) is 14.9 Å². The Morgan fingerprint density at radius 1 is 0.432 bits per heavy atom. The Kier molecular flexibility index (Phi) is 24.0. The summed E-state index contributed by atoms with van der Waals surface area (Å²) in [5.41, 5.74) is 16.6. The molecule has 0 aliphatic carbocycles. The van der Waals surface area contributed by atoms with E-state index in [1.807, 2.05) is 67.4 Å². The van der Waals surface area contributed by atoms with Gasteiger partial charge in [0.05, 0.1) is 62.1 Å². The van der Waals surface area contributed by atoms with Gasteiger partial charge in [-0.25, -0.2) is 44.9 Å². The molecule has 24 rings (SSSR count). The van der Waals surface area contributed by atoms with Crippen molar-refractivity contribution in [3.63, 3.8) is 0 Å². The number of hydrogen-bond acceptors (Lipinski definition) is 27. The van der Waals surface area contributed by atoms with E-state index < -0.39 is 10.1 Å². The summed E-state index contributed by atoms with van der Waals surface area (Å²) in [5, 5.41) is 9.32. The molecule has 0 amide bonds. The molecule has 9 aliphatic rings. The number of carbonyl (C=O) groups is 1. The van der Waals surface area contributed by atoms with Crippen LogP contribution in [0, 0.1) is 16.2 Å². The second-order valence-corrected chi connectivity index (χ2v) is 36.6. The van der Waals surface area contributed by atoms with Gasteiger partial charge in [-0.2, -0.15) is 8.42 Å². The number of anilines is 3. The van der Waals surface area contributed by atoms with Crippen molar-refractivity contribution in [2.45, 2.75) is 66.5 Å². The van der Waals surface area contributed by atoms with Crippen LogP contribution in [0.1, 0.15) is 74.9 Å². The van der Waals surface area contributed by atoms with Crippen LogP contribution in [0.3, 0.4) is 0 Å². The maximum atomic E-state index is 11.3. The molecule has 12 aromatic heterocycles. The molecule has 5 N–H and O–H groups in total. The highest BCUT2D eigenvalue weighted by Gasteiger charge is 2.44. The molecule has 15 aromatic rings. The number of aromatic nitrogens is 12. The third-order valence-corrected chi connectivity index (χ3v) is 26.2. The summed E-state index contributed by atoms with van der Waals surface area (Å²) >= 11 is 0. The van der Waals surface area contributed by atoms with Crippen molar-refractivity contribution in [1.82, 2.24) is 89.6 Å². The van der Waals surface area contributed by atoms with Crippen LogP contribution >= 0.6 is 0 Å². The maximum Gasteiger partial charge on any atom is 0.261 e. The average Bonchev–Trinajstić information content (AvgIpc) is 1.61. The number of nitrogens with one attached hydrogen (secondary N) is 4. The fourth-order valence-electron chi connectivity index (χ4n) is 20.2. The third kappa shape index (κ3) is 17.5. The van der Waals surface area contributed by atoms with E-state index in [4.69, 9.17) is 71.9 Å². The van der Waals surface area contributed by atoms with Gasteiger partial charge in [0.25, 0.3) is 10.1 Å². The number of rotatable bonds is 11. The predicted molar refractivity (Wildman–Crippen MR) is 490 cm³/mol. The highest BCUT2D eigenvalue weighted by atomic mass is 32.2. The van der Waals surface area contributed by atoms with Gasteiger partial charge in [0.1, 0.15) is 16.6 Å². The fraction of sp³-hybridized carbons (Fsp3) is 0.441. The van der Waals surface area contributed by atoms with Gasteiger partial charge in [0.15, 0.2) is 58.0 Å². The van der Waals surface area contributed by atoms with E-state index in [0.717, 1.165) is 160 Å². The van der Waals surface area contributed by atoms with Crippen LogP contribution in [0.25, 0.3) is 133 Å². The second kappa shape index (κ2) is 35.4. The molecule has 3 unspecified atom stereocenters. The zero-order chi connectivity index (χ0) is 83.6. The first-order chi connectivity index (χ1) is 59.9. The molecule has 3 atom stereocenters. The lowest BCUT2D eigenvalue weighted by molar-refractivity contribution is 0.112. The third-order valence-electron chi connectivity index (χ3n) is 26.2. The molecule has 125 heavy (non-hydrogen) atoms. The lowest BCUT2D eigenvalue weighted by Crippen LogP contribution is -2.37. The Morgan fingerprint density at radius 3 is 1.13 bits per heavy atom. The molecule has 0 radical (unpaired) electrons. The van der Waals surface area contributed by atoms with Crippen LogP contribution < -0.4 is 20.0 Å². The summed E-state index contributed by atoms with van der Waals surface area (Å²) < 4.78 is 61.4. The molecule has 9 aliphatic heterocycles. The molecule has 0 saturated carbocycles. The fourth-order valence-corrected chi connectivity index (χ4v) is 20.2. The van der Waals surface area contributed by atoms with Crippen molar-refractivity contribution < 1.29 is 45.2 Å². The first kappa shape index (κ1) is 84.8. The maximum absolute atomic E-state index is 11.3. The summed E-state index contributed by atoms with van der Waals surface area (Å²) in [7, 11) is 3.06. The van der Waals surface area contributed by atoms with Crippen molar-refractivity contribution in [2.24, 2.45) is 16.2 Å². The number of aromatic amines is 3. The normalized spacial score (nSPS) is 21.6. The van der Waals surface area contributed by atoms with Crippen LogP contribution in [0.5, 0.6) is 0 Å². The van der Waals surface area contributed by atoms with Gasteiger partial charge in [0.2, 0.25) is 17.1 Å². The number of likely N-dealkylation sites (tertiary alicyclic amines) is 5. The molecule has 21 heterocycles. The second-order valence-electron chi connectivity index (χ2n) is 35.2. The predicted octanol–water partition coefficient (Wildman–Crippen LogP) is 13.2. The molecule has 3 spiro atoms. The Balaban J connectivity index is 0.000000117. The van der Waals surface area contributed by atoms with Crippen molar-refractivity contribution in [3.05, 3.63) is 145 Å². The van der Waals surface area contributed by atoms with E-state index in [0.29, 0.717) is 143 Å². The van der Waals surface area contributed by atoms with Gasteiger partial charge >= 0.3 is 0 Å². The van der Waals surface area contributed by atoms with Crippen molar-refractivity contribution in [1.29, 1.82) is 0 Å². The largest absolute Gasteiger partial charge is 0.432 e. The highest BCUT2D eigenvalue weighted by molar-refractivity contribution is 7.85. The van der Waals surface area contributed by atoms with E-state index >= 15 is 0 Å². The number of aldehydes is 1. The smallest absolute Gasteiger partial charge is 0.261 e. The zero-order valence-electron chi connectivity index (χ0n) is 70.0. The standard InChI is InChI=1S/2C30H33N7O2.C22H17N5O3.C8H16N2.CH4O3S.2CH4/c2*1-35-9-6-30(18-35)7-10-36(19-30)17-20-15-23-25-26(39-29(23)32-16-20)28(37-11-13-38-14-12-37)34-27(33-25)22-3-2-4-24-21(22)5-8-31-24;28-12-13-10-16-18-19(30-22(16)24-11-13)21(27-6-8-29-9-7-27)26-20(25-18)15-2-1-3-17-14(15)4-5-23-17;1-10-5-3-8(7-10)2-4-9-6-8;1-5(2,3)4;;/h2*2-5,8,15-16,31H,6-7,9-14,17-19H2,1H3;1-5,10-12,23H,6-9H2;9H,2-7H2,1H3;1H3,(H,2,3,4);2*1H4. The van der Waals surface area contributed by atoms with Crippen LogP contribution in [0.2, 0.25) is 0 Å². The van der Waals surface area contributed by atoms with Crippen LogP contribution in [0.4, 0.5) is 17.5 Å². The number of benzene rings is 3. The van der Waals surface area contributed by atoms with Gasteiger partial charge < -0.3 is 77.1 Å². The van der Waals surface area contributed by atoms with E-state index in [2.05, 4.69) is 134 Å². The first-order valence-corrected chi connectivity index (χ1v) is 44.8. The Bertz CT molecular complexity index is 6280. The lowest BCUT2D eigenvalue weighted by atomic mass is 9.86. The number of pyridine rings is 3. The minimum absolute atomic E-state index is 0. The molecule has 654 valence electrons. The number of morpholine rings is 3. The van der Waals surface area contributed by atoms with Gasteiger partial charge in [-0.15, -0.1) is 0 Å². The minimum Gasteiger partial charge on any atom is -0.432 e. The lowest BCUT2D eigenvalue weighted by Gasteiger charge is -2.27. The number of carbonyl (C=O) groups excluding carboxylic acids is 1. The zero-order valence-corrected chi connectivity index (χ0v) is 70.8. The van der Waals surface area contributed by atoms with E-state index in [9.17, 15) is 13.2 Å². The van der Waals surface area contributed by atoms with Crippen molar-refractivity contribution in [3.8, 4) is 34.2 Å². The van der Waals surface area contributed by atoms with Crippen molar-refractivity contribution in [2.75, 3.05) is 200 Å². The molecule has 9 saturated heterocycles. The topological polar surface area (TPSA) is 340 Å². The summed E-state index contributed by atoms with van der Waals surface area (Å²) in [4.78, 5) is 84.4. The summed E-state index contributed by atoms with van der Waals surface area (Å²) in [6, 6.07) is 30.9. The Hall–Kier alpha value is -11.0. The number of H-pyrrole nitrogens is 3. The summed E-state index contributed by atoms with van der Waals surface area (Å²) in [5.74, 6) is 4.36. The average molecular weight is 1720 g/mol.